The lowest BCUT2D eigenvalue weighted by atomic mass is 9.99. The van der Waals surface area contributed by atoms with Gasteiger partial charge in [-0.3, -0.25) is 4.68 Å². The maximum Gasteiger partial charge on any atom is 0.138 e. The van der Waals surface area contributed by atoms with Crippen molar-refractivity contribution in [2.45, 2.75) is 60.0 Å². The molecule has 1 unspecified atom stereocenters. The van der Waals surface area contributed by atoms with Crippen molar-refractivity contribution >= 4 is 0 Å². The standard InChI is InChI=1S/C16H26N4O/c1-6-8-17-14(9-15-18-10-19-20(15)7-2)16-11(3)12(4)21-13(16)5/h10,14,17H,6-9H2,1-5H3. The zero-order chi connectivity index (χ0) is 15.4. The van der Waals surface area contributed by atoms with Crippen LogP contribution in [0.25, 0.3) is 0 Å². The average molecular weight is 290 g/mol. The molecular formula is C16H26N4O. The highest BCUT2D eigenvalue weighted by atomic mass is 16.3. The molecule has 0 spiro atoms. The summed E-state index contributed by atoms with van der Waals surface area (Å²) >= 11 is 0. The minimum absolute atomic E-state index is 0.219. The molecule has 116 valence electrons. The third-order valence-corrected chi connectivity index (χ3v) is 3.99. The number of hydrogen-bond acceptors (Lipinski definition) is 4. The van der Waals surface area contributed by atoms with E-state index < -0.39 is 0 Å². The van der Waals surface area contributed by atoms with Gasteiger partial charge in [0.15, 0.2) is 0 Å². The van der Waals surface area contributed by atoms with E-state index in [2.05, 4.69) is 36.2 Å². The zero-order valence-corrected chi connectivity index (χ0v) is 13.7. The Balaban J connectivity index is 2.30. The Morgan fingerprint density at radius 1 is 1.24 bits per heavy atom. The van der Waals surface area contributed by atoms with E-state index in [0.29, 0.717) is 0 Å². The fourth-order valence-electron chi connectivity index (χ4n) is 2.81. The van der Waals surface area contributed by atoms with Gasteiger partial charge in [-0.2, -0.15) is 5.10 Å². The SMILES string of the molecule is CCCNC(Cc1ncnn1CC)c1c(C)oc(C)c1C. The number of furan rings is 1. The quantitative estimate of drug-likeness (QED) is 0.851. The second kappa shape index (κ2) is 6.89. The predicted molar refractivity (Wildman–Crippen MR) is 83.4 cm³/mol. The van der Waals surface area contributed by atoms with Crippen LogP contribution in [-0.4, -0.2) is 21.3 Å². The molecule has 0 aliphatic carbocycles. The van der Waals surface area contributed by atoms with Gasteiger partial charge in [0.1, 0.15) is 23.7 Å². The van der Waals surface area contributed by atoms with Gasteiger partial charge in [0.25, 0.3) is 0 Å². The van der Waals surface area contributed by atoms with Crippen LogP contribution >= 0.6 is 0 Å². The molecule has 0 saturated heterocycles. The van der Waals surface area contributed by atoms with Crippen LogP contribution in [0.4, 0.5) is 0 Å². The summed E-state index contributed by atoms with van der Waals surface area (Å²) in [7, 11) is 0. The van der Waals surface area contributed by atoms with E-state index in [0.717, 1.165) is 43.3 Å². The summed E-state index contributed by atoms with van der Waals surface area (Å²) < 4.78 is 7.76. The lowest BCUT2D eigenvalue weighted by Gasteiger charge is -2.19. The van der Waals surface area contributed by atoms with Crippen molar-refractivity contribution in [2.75, 3.05) is 6.54 Å². The Morgan fingerprint density at radius 3 is 2.57 bits per heavy atom. The van der Waals surface area contributed by atoms with Crippen LogP contribution in [0.1, 0.15) is 54.8 Å². The van der Waals surface area contributed by atoms with Crippen molar-refractivity contribution in [1.29, 1.82) is 0 Å². The van der Waals surface area contributed by atoms with Crippen molar-refractivity contribution in [2.24, 2.45) is 0 Å². The summed E-state index contributed by atoms with van der Waals surface area (Å²) in [5, 5.41) is 7.90. The minimum atomic E-state index is 0.219. The molecule has 2 rings (SSSR count). The summed E-state index contributed by atoms with van der Waals surface area (Å²) in [4.78, 5) is 4.41. The molecule has 0 aliphatic rings. The molecule has 0 radical (unpaired) electrons. The molecule has 0 fully saturated rings. The Bertz CT molecular complexity index is 585. The van der Waals surface area contributed by atoms with Crippen molar-refractivity contribution < 1.29 is 4.42 Å². The molecule has 21 heavy (non-hydrogen) atoms. The van der Waals surface area contributed by atoms with E-state index in [1.165, 1.54) is 11.1 Å². The Morgan fingerprint density at radius 2 is 2.00 bits per heavy atom. The van der Waals surface area contributed by atoms with Crippen molar-refractivity contribution in [1.82, 2.24) is 20.1 Å². The van der Waals surface area contributed by atoms with Crippen molar-refractivity contribution in [3.8, 4) is 0 Å². The van der Waals surface area contributed by atoms with Gasteiger partial charge in [0.05, 0.1) is 0 Å². The Hall–Kier alpha value is -1.62. The van der Waals surface area contributed by atoms with Crippen LogP contribution in [0.15, 0.2) is 10.7 Å². The molecule has 1 N–H and O–H groups in total. The highest BCUT2D eigenvalue weighted by Gasteiger charge is 2.22. The molecular weight excluding hydrogens is 264 g/mol. The number of nitrogens with zero attached hydrogens (tertiary/aromatic N) is 3. The van der Waals surface area contributed by atoms with Gasteiger partial charge in [-0.05, 0) is 46.2 Å². The number of aromatic nitrogens is 3. The van der Waals surface area contributed by atoms with Gasteiger partial charge in [-0.15, -0.1) is 0 Å². The van der Waals surface area contributed by atoms with E-state index in [1.807, 2.05) is 18.5 Å². The summed E-state index contributed by atoms with van der Waals surface area (Å²) in [6.45, 7) is 12.3. The van der Waals surface area contributed by atoms with Gasteiger partial charge in [0.2, 0.25) is 0 Å². The molecule has 0 aliphatic heterocycles. The van der Waals surface area contributed by atoms with Gasteiger partial charge >= 0.3 is 0 Å². The molecule has 1 atom stereocenters. The molecule has 0 saturated carbocycles. The minimum Gasteiger partial charge on any atom is -0.466 e. The predicted octanol–water partition coefficient (Wildman–Crippen LogP) is 3.10. The van der Waals surface area contributed by atoms with Crippen molar-refractivity contribution in [3.05, 3.63) is 34.8 Å². The lowest BCUT2D eigenvalue weighted by molar-refractivity contribution is 0.469. The second-order valence-corrected chi connectivity index (χ2v) is 5.46. The third-order valence-electron chi connectivity index (χ3n) is 3.99. The molecule has 5 nitrogen and oxygen atoms in total. The number of rotatable bonds is 7. The van der Waals surface area contributed by atoms with Gasteiger partial charge < -0.3 is 9.73 Å². The van der Waals surface area contributed by atoms with Gasteiger partial charge in [-0.1, -0.05) is 6.92 Å². The van der Waals surface area contributed by atoms with Crippen LogP contribution in [0.5, 0.6) is 0 Å². The van der Waals surface area contributed by atoms with Crippen LogP contribution < -0.4 is 5.32 Å². The fourth-order valence-corrected chi connectivity index (χ4v) is 2.81. The number of hydrogen-bond donors (Lipinski definition) is 1. The van der Waals surface area contributed by atoms with Gasteiger partial charge in [0, 0.05) is 24.6 Å². The summed E-state index contributed by atoms with van der Waals surface area (Å²) in [6, 6.07) is 0.219. The van der Waals surface area contributed by atoms with Crippen molar-refractivity contribution in [3.63, 3.8) is 0 Å². The average Bonchev–Trinajstić information content (AvgIpc) is 3.00. The molecule has 2 aromatic rings. The first-order valence-corrected chi connectivity index (χ1v) is 7.75. The molecule has 5 heteroatoms. The summed E-state index contributed by atoms with van der Waals surface area (Å²) in [5.41, 5.74) is 2.51. The van der Waals surface area contributed by atoms with Gasteiger partial charge in [-0.25, -0.2) is 4.98 Å². The topological polar surface area (TPSA) is 55.9 Å². The van der Waals surface area contributed by atoms with E-state index in [1.54, 1.807) is 6.33 Å². The Kier molecular flexibility index (Phi) is 5.17. The van der Waals surface area contributed by atoms with E-state index >= 15 is 0 Å². The monoisotopic (exact) mass is 290 g/mol. The first kappa shape index (κ1) is 15.8. The molecule has 0 bridgehead atoms. The Labute approximate surface area is 126 Å². The maximum atomic E-state index is 5.80. The summed E-state index contributed by atoms with van der Waals surface area (Å²) in [6.07, 6.45) is 3.57. The smallest absolute Gasteiger partial charge is 0.138 e. The molecule has 2 aromatic heterocycles. The second-order valence-electron chi connectivity index (χ2n) is 5.46. The van der Waals surface area contributed by atoms with E-state index in [-0.39, 0.29) is 6.04 Å². The van der Waals surface area contributed by atoms with Crippen LogP contribution in [-0.2, 0) is 13.0 Å². The molecule has 2 heterocycles. The first-order valence-electron chi connectivity index (χ1n) is 7.75. The van der Waals surface area contributed by atoms with E-state index in [9.17, 15) is 0 Å². The number of nitrogens with one attached hydrogen (secondary N) is 1. The molecule has 0 aromatic carbocycles. The lowest BCUT2D eigenvalue weighted by Crippen LogP contribution is -2.26. The highest BCUT2D eigenvalue weighted by molar-refractivity contribution is 5.34. The number of aryl methyl sites for hydroxylation is 3. The largest absolute Gasteiger partial charge is 0.466 e. The zero-order valence-electron chi connectivity index (χ0n) is 13.7. The highest BCUT2D eigenvalue weighted by Crippen LogP contribution is 2.29. The van der Waals surface area contributed by atoms with Crippen LogP contribution in [0.2, 0.25) is 0 Å². The maximum absolute atomic E-state index is 5.80. The third kappa shape index (κ3) is 3.35. The molecule has 0 amide bonds. The van der Waals surface area contributed by atoms with Crippen LogP contribution in [0, 0.1) is 20.8 Å². The first-order chi connectivity index (χ1) is 10.1. The normalized spacial score (nSPS) is 12.8. The summed E-state index contributed by atoms with van der Waals surface area (Å²) in [5.74, 6) is 3.02. The fraction of sp³-hybridized carbons (Fsp3) is 0.625. The van der Waals surface area contributed by atoms with E-state index in [4.69, 9.17) is 4.42 Å². The van der Waals surface area contributed by atoms with Crippen LogP contribution in [0.3, 0.4) is 0 Å².